The number of nitrogens with zero attached hydrogens (tertiary/aromatic N) is 1. The molecule has 1 aromatic heterocycles. The topological polar surface area (TPSA) is 48.4 Å². The molecule has 128 valence electrons. The molecule has 0 atom stereocenters. The number of thiazole rings is 1. The van der Waals surface area contributed by atoms with E-state index in [2.05, 4.69) is 4.98 Å². The van der Waals surface area contributed by atoms with Crippen LogP contribution in [0.3, 0.4) is 0 Å². The standard InChI is InChI=1S/C19H16FNO3S/c20-14-6-8-15(9-7-14)23-12-3-13-24-19(22)11-10-18-21-16-4-1-2-5-17(16)25-18/h1-2,4-11H,3,12-13H2/b11-10+. The lowest BCUT2D eigenvalue weighted by molar-refractivity contribution is -0.137. The zero-order chi connectivity index (χ0) is 17.5. The first-order valence-electron chi connectivity index (χ1n) is 7.79. The van der Waals surface area contributed by atoms with Crippen LogP contribution in [-0.4, -0.2) is 24.2 Å². The van der Waals surface area contributed by atoms with Gasteiger partial charge in [0.05, 0.1) is 23.4 Å². The van der Waals surface area contributed by atoms with Crippen molar-refractivity contribution in [1.82, 2.24) is 4.98 Å². The molecule has 0 aliphatic carbocycles. The van der Waals surface area contributed by atoms with Crippen LogP contribution < -0.4 is 4.74 Å². The SMILES string of the molecule is O=C(/C=C/c1nc2ccccc2s1)OCCCOc1ccc(F)cc1. The first-order valence-corrected chi connectivity index (χ1v) is 8.61. The fourth-order valence-electron chi connectivity index (χ4n) is 2.10. The van der Waals surface area contributed by atoms with Crippen molar-refractivity contribution in [2.75, 3.05) is 13.2 Å². The molecule has 0 spiro atoms. The Labute approximate surface area is 148 Å². The molecule has 1 heterocycles. The van der Waals surface area contributed by atoms with Gasteiger partial charge in [0.2, 0.25) is 0 Å². The largest absolute Gasteiger partial charge is 0.493 e. The molecule has 25 heavy (non-hydrogen) atoms. The number of para-hydroxylation sites is 1. The number of hydrogen-bond acceptors (Lipinski definition) is 5. The molecule has 0 saturated carbocycles. The zero-order valence-corrected chi connectivity index (χ0v) is 14.2. The Kier molecular flexibility index (Phi) is 5.74. The summed E-state index contributed by atoms with van der Waals surface area (Å²) in [5.74, 6) is -0.134. The average molecular weight is 357 g/mol. The van der Waals surface area contributed by atoms with E-state index in [9.17, 15) is 9.18 Å². The summed E-state index contributed by atoms with van der Waals surface area (Å²) in [6.45, 7) is 0.644. The molecule has 0 aliphatic heterocycles. The molecule has 2 aromatic carbocycles. The maximum atomic E-state index is 12.8. The van der Waals surface area contributed by atoms with Crippen LogP contribution >= 0.6 is 11.3 Å². The fourth-order valence-corrected chi connectivity index (χ4v) is 2.97. The van der Waals surface area contributed by atoms with Gasteiger partial charge < -0.3 is 9.47 Å². The van der Waals surface area contributed by atoms with Crippen LogP contribution in [0.4, 0.5) is 4.39 Å². The number of ether oxygens (including phenoxy) is 2. The summed E-state index contributed by atoms with van der Waals surface area (Å²) in [5.41, 5.74) is 0.915. The predicted molar refractivity (Wildman–Crippen MR) is 96.1 cm³/mol. The van der Waals surface area contributed by atoms with Crippen molar-refractivity contribution in [1.29, 1.82) is 0 Å². The van der Waals surface area contributed by atoms with Gasteiger partial charge in [0.1, 0.15) is 16.6 Å². The summed E-state index contributed by atoms with van der Waals surface area (Å²) in [6, 6.07) is 13.6. The molecule has 0 unspecified atom stereocenters. The Balaban J connectivity index is 1.38. The molecule has 0 radical (unpaired) electrons. The van der Waals surface area contributed by atoms with E-state index in [1.54, 1.807) is 18.2 Å². The highest BCUT2D eigenvalue weighted by Crippen LogP contribution is 2.22. The van der Waals surface area contributed by atoms with Gasteiger partial charge in [-0.3, -0.25) is 0 Å². The summed E-state index contributed by atoms with van der Waals surface area (Å²) < 4.78 is 24.4. The van der Waals surface area contributed by atoms with E-state index >= 15 is 0 Å². The van der Waals surface area contributed by atoms with Gasteiger partial charge in [-0.15, -0.1) is 11.3 Å². The molecule has 0 aliphatic rings. The van der Waals surface area contributed by atoms with Gasteiger partial charge in [0.25, 0.3) is 0 Å². The average Bonchev–Trinajstić information content (AvgIpc) is 3.04. The normalized spacial score (nSPS) is 11.1. The van der Waals surface area contributed by atoms with Gasteiger partial charge in [-0.25, -0.2) is 14.2 Å². The van der Waals surface area contributed by atoms with Crippen molar-refractivity contribution in [3.8, 4) is 5.75 Å². The fraction of sp³-hybridized carbons (Fsp3) is 0.158. The smallest absolute Gasteiger partial charge is 0.330 e. The van der Waals surface area contributed by atoms with E-state index < -0.39 is 5.97 Å². The van der Waals surface area contributed by atoms with Gasteiger partial charge >= 0.3 is 5.97 Å². The summed E-state index contributed by atoms with van der Waals surface area (Å²) in [7, 11) is 0. The second-order valence-electron chi connectivity index (χ2n) is 5.18. The van der Waals surface area contributed by atoms with Crippen molar-refractivity contribution < 1.29 is 18.7 Å². The molecule has 0 fully saturated rings. The van der Waals surface area contributed by atoms with Crippen LogP contribution in [-0.2, 0) is 9.53 Å². The molecular formula is C19H16FNO3S. The molecule has 0 N–H and O–H groups in total. The molecule has 3 rings (SSSR count). The summed E-state index contributed by atoms with van der Waals surface area (Å²) in [5, 5.41) is 0.762. The Morgan fingerprint density at radius 2 is 1.92 bits per heavy atom. The van der Waals surface area contributed by atoms with Crippen molar-refractivity contribution in [2.45, 2.75) is 6.42 Å². The summed E-state index contributed by atoms with van der Waals surface area (Å²) in [6.07, 6.45) is 3.58. The lowest BCUT2D eigenvalue weighted by atomic mass is 10.3. The van der Waals surface area contributed by atoms with Crippen LogP contribution in [0.25, 0.3) is 16.3 Å². The zero-order valence-electron chi connectivity index (χ0n) is 13.4. The minimum absolute atomic E-state index is 0.254. The van der Waals surface area contributed by atoms with Crippen molar-refractivity contribution in [2.24, 2.45) is 0 Å². The Morgan fingerprint density at radius 3 is 2.72 bits per heavy atom. The van der Waals surface area contributed by atoms with E-state index in [0.717, 1.165) is 15.2 Å². The van der Waals surface area contributed by atoms with E-state index in [0.29, 0.717) is 18.8 Å². The highest BCUT2D eigenvalue weighted by Gasteiger charge is 2.02. The van der Waals surface area contributed by atoms with E-state index in [-0.39, 0.29) is 12.4 Å². The second kappa shape index (κ2) is 8.39. The third kappa shape index (κ3) is 5.12. The minimum Gasteiger partial charge on any atom is -0.493 e. The third-order valence-electron chi connectivity index (χ3n) is 3.29. The number of benzene rings is 2. The molecule has 3 aromatic rings. The Morgan fingerprint density at radius 1 is 1.12 bits per heavy atom. The monoisotopic (exact) mass is 357 g/mol. The van der Waals surface area contributed by atoms with Gasteiger partial charge in [0, 0.05) is 12.5 Å². The molecule has 4 nitrogen and oxygen atoms in total. The molecular weight excluding hydrogens is 341 g/mol. The highest BCUT2D eigenvalue weighted by atomic mass is 32.1. The van der Waals surface area contributed by atoms with Crippen LogP contribution in [0, 0.1) is 5.82 Å². The molecule has 0 bridgehead atoms. The predicted octanol–water partition coefficient (Wildman–Crippen LogP) is 4.46. The van der Waals surface area contributed by atoms with Crippen molar-refractivity contribution >= 4 is 33.6 Å². The van der Waals surface area contributed by atoms with E-state index in [4.69, 9.17) is 9.47 Å². The quantitative estimate of drug-likeness (QED) is 0.356. The van der Waals surface area contributed by atoms with Crippen molar-refractivity contribution in [3.05, 3.63) is 65.4 Å². The first-order chi connectivity index (χ1) is 12.2. The number of hydrogen-bond donors (Lipinski definition) is 0. The maximum Gasteiger partial charge on any atom is 0.330 e. The lowest BCUT2D eigenvalue weighted by Crippen LogP contribution is -2.06. The number of rotatable bonds is 7. The number of carbonyl (C=O) groups excluding carboxylic acids is 1. The molecule has 6 heteroatoms. The van der Waals surface area contributed by atoms with Gasteiger partial charge in [0.15, 0.2) is 0 Å². The second-order valence-corrected chi connectivity index (χ2v) is 6.24. The third-order valence-corrected chi connectivity index (χ3v) is 4.29. The Bertz CT molecular complexity index is 841. The number of aromatic nitrogens is 1. The summed E-state index contributed by atoms with van der Waals surface area (Å²) in [4.78, 5) is 16.1. The van der Waals surface area contributed by atoms with Gasteiger partial charge in [-0.05, 0) is 42.5 Å². The summed E-state index contributed by atoms with van der Waals surface area (Å²) >= 11 is 1.52. The number of halogens is 1. The van der Waals surface area contributed by atoms with Gasteiger partial charge in [-0.2, -0.15) is 0 Å². The van der Waals surface area contributed by atoms with Gasteiger partial charge in [-0.1, -0.05) is 12.1 Å². The van der Waals surface area contributed by atoms with Crippen LogP contribution in [0.2, 0.25) is 0 Å². The number of fused-ring (bicyclic) bond motifs is 1. The number of esters is 1. The van der Waals surface area contributed by atoms with Crippen LogP contribution in [0.5, 0.6) is 5.75 Å². The maximum absolute atomic E-state index is 12.8. The van der Waals surface area contributed by atoms with Crippen LogP contribution in [0.15, 0.2) is 54.6 Å². The molecule has 0 saturated heterocycles. The lowest BCUT2D eigenvalue weighted by Gasteiger charge is -2.06. The van der Waals surface area contributed by atoms with E-state index in [1.165, 1.54) is 29.5 Å². The first kappa shape index (κ1) is 17.1. The van der Waals surface area contributed by atoms with E-state index in [1.807, 2.05) is 24.3 Å². The number of carbonyl (C=O) groups is 1. The highest BCUT2D eigenvalue weighted by molar-refractivity contribution is 7.19. The van der Waals surface area contributed by atoms with Crippen molar-refractivity contribution in [3.63, 3.8) is 0 Å². The molecule has 0 amide bonds. The van der Waals surface area contributed by atoms with Crippen LogP contribution in [0.1, 0.15) is 11.4 Å². The Hall–Kier alpha value is -2.73. The minimum atomic E-state index is -0.416.